The van der Waals surface area contributed by atoms with Crippen LogP contribution < -0.4 is 5.73 Å². The summed E-state index contributed by atoms with van der Waals surface area (Å²) in [4.78, 5) is 0. The number of hydrogen-bond donors (Lipinski definition) is 2. The zero-order chi connectivity index (χ0) is 7.28. The molecule has 0 aliphatic heterocycles. The van der Waals surface area contributed by atoms with Gasteiger partial charge < -0.3 is 10.8 Å². The predicted molar refractivity (Wildman–Crippen MR) is 39.1 cm³/mol. The zero-order valence-corrected chi connectivity index (χ0v) is 6.04. The van der Waals surface area contributed by atoms with Gasteiger partial charge in [-0.2, -0.15) is 0 Å². The first-order chi connectivity index (χ1) is 4.22. The Morgan fingerprint density at radius 3 is 2.56 bits per heavy atom. The molecule has 1 unspecified atom stereocenters. The van der Waals surface area contributed by atoms with E-state index in [0.29, 0.717) is 0 Å². The minimum absolute atomic E-state index is 0.110. The van der Waals surface area contributed by atoms with E-state index in [2.05, 4.69) is 0 Å². The van der Waals surface area contributed by atoms with Gasteiger partial charge in [-0.15, -0.1) is 0 Å². The molecule has 0 aromatic carbocycles. The molecule has 0 fully saturated rings. The van der Waals surface area contributed by atoms with Crippen LogP contribution in [0.3, 0.4) is 0 Å². The number of allylic oxidation sites excluding steroid dienone is 1. The molecule has 3 N–H and O–H groups in total. The van der Waals surface area contributed by atoms with Crippen molar-refractivity contribution in [1.82, 2.24) is 0 Å². The van der Waals surface area contributed by atoms with Crippen LogP contribution in [0.1, 0.15) is 20.3 Å². The Morgan fingerprint density at radius 1 is 1.67 bits per heavy atom. The topological polar surface area (TPSA) is 46.2 Å². The minimum Gasteiger partial charge on any atom is -0.387 e. The SMILES string of the molecule is C/C=C/C(O)[C@@H](N)CC. The quantitative estimate of drug-likeness (QED) is 0.550. The summed E-state index contributed by atoms with van der Waals surface area (Å²) < 4.78 is 0. The molecule has 54 valence electrons. The van der Waals surface area contributed by atoms with Crippen molar-refractivity contribution in [1.29, 1.82) is 0 Å². The van der Waals surface area contributed by atoms with Crippen molar-refractivity contribution < 1.29 is 5.11 Å². The van der Waals surface area contributed by atoms with Crippen LogP contribution in [0.15, 0.2) is 12.2 Å². The van der Waals surface area contributed by atoms with Gasteiger partial charge in [0.25, 0.3) is 0 Å². The van der Waals surface area contributed by atoms with E-state index >= 15 is 0 Å². The number of aliphatic hydroxyl groups excluding tert-OH is 1. The van der Waals surface area contributed by atoms with Crippen LogP contribution in [0, 0.1) is 0 Å². The maximum Gasteiger partial charge on any atom is 0.0871 e. The van der Waals surface area contributed by atoms with Gasteiger partial charge in [0.05, 0.1) is 6.10 Å². The third kappa shape index (κ3) is 3.27. The number of nitrogens with two attached hydrogens (primary N) is 1. The zero-order valence-electron chi connectivity index (χ0n) is 6.04. The van der Waals surface area contributed by atoms with Crippen molar-refractivity contribution in [2.75, 3.05) is 0 Å². The third-order valence-corrected chi connectivity index (χ3v) is 1.30. The van der Waals surface area contributed by atoms with Crippen molar-refractivity contribution in [3.8, 4) is 0 Å². The largest absolute Gasteiger partial charge is 0.387 e. The van der Waals surface area contributed by atoms with Crippen LogP contribution in [-0.4, -0.2) is 17.3 Å². The molecule has 0 bridgehead atoms. The summed E-state index contributed by atoms with van der Waals surface area (Å²) in [7, 11) is 0. The highest BCUT2D eigenvalue weighted by molar-refractivity contribution is 4.90. The first-order valence-corrected chi connectivity index (χ1v) is 3.28. The fourth-order valence-corrected chi connectivity index (χ4v) is 0.581. The van der Waals surface area contributed by atoms with Crippen LogP contribution in [0.5, 0.6) is 0 Å². The maximum atomic E-state index is 9.11. The van der Waals surface area contributed by atoms with Gasteiger partial charge in [-0.05, 0) is 13.3 Å². The van der Waals surface area contributed by atoms with Gasteiger partial charge in [-0.1, -0.05) is 19.1 Å². The Balaban J connectivity index is 3.58. The fraction of sp³-hybridized carbons (Fsp3) is 0.714. The monoisotopic (exact) mass is 129 g/mol. The van der Waals surface area contributed by atoms with Crippen molar-refractivity contribution in [2.45, 2.75) is 32.4 Å². The summed E-state index contributed by atoms with van der Waals surface area (Å²) in [6, 6.07) is -0.110. The number of rotatable bonds is 3. The van der Waals surface area contributed by atoms with E-state index in [-0.39, 0.29) is 6.04 Å². The average Bonchev–Trinajstić information content (AvgIpc) is 1.87. The van der Waals surface area contributed by atoms with Crippen LogP contribution in [0.2, 0.25) is 0 Å². The van der Waals surface area contributed by atoms with Gasteiger partial charge in [-0.3, -0.25) is 0 Å². The third-order valence-electron chi connectivity index (χ3n) is 1.30. The standard InChI is InChI=1S/C7H15NO/c1-3-5-7(9)6(8)4-2/h3,5-7,9H,4,8H2,1-2H3/b5-3+/t6-,7?/m0/s1. The minimum atomic E-state index is -0.472. The van der Waals surface area contributed by atoms with Gasteiger partial charge in [0.2, 0.25) is 0 Å². The summed E-state index contributed by atoms with van der Waals surface area (Å²) in [5.41, 5.74) is 5.50. The molecule has 0 rings (SSSR count). The average molecular weight is 129 g/mol. The number of hydrogen-bond acceptors (Lipinski definition) is 2. The number of aliphatic hydroxyl groups is 1. The molecule has 2 nitrogen and oxygen atoms in total. The highest BCUT2D eigenvalue weighted by Crippen LogP contribution is 1.95. The van der Waals surface area contributed by atoms with Crippen LogP contribution in [0.25, 0.3) is 0 Å². The van der Waals surface area contributed by atoms with Crippen LogP contribution in [0.4, 0.5) is 0 Å². The lowest BCUT2D eigenvalue weighted by Gasteiger charge is -2.11. The van der Waals surface area contributed by atoms with Crippen LogP contribution >= 0.6 is 0 Å². The van der Waals surface area contributed by atoms with Gasteiger partial charge in [0.15, 0.2) is 0 Å². The van der Waals surface area contributed by atoms with E-state index in [1.807, 2.05) is 13.8 Å². The summed E-state index contributed by atoms with van der Waals surface area (Å²) in [5, 5.41) is 9.11. The maximum absolute atomic E-state index is 9.11. The smallest absolute Gasteiger partial charge is 0.0871 e. The van der Waals surface area contributed by atoms with Crippen LogP contribution in [-0.2, 0) is 0 Å². The molecule has 2 atom stereocenters. The normalized spacial score (nSPS) is 18.2. The van der Waals surface area contributed by atoms with E-state index in [1.165, 1.54) is 0 Å². The summed E-state index contributed by atoms with van der Waals surface area (Å²) >= 11 is 0. The molecule has 0 spiro atoms. The molecule has 9 heavy (non-hydrogen) atoms. The molecular weight excluding hydrogens is 114 g/mol. The van der Waals surface area contributed by atoms with E-state index in [0.717, 1.165) is 6.42 Å². The lowest BCUT2D eigenvalue weighted by Crippen LogP contribution is -2.32. The molecule has 0 saturated carbocycles. The fourth-order valence-electron chi connectivity index (χ4n) is 0.581. The molecule has 0 aliphatic carbocycles. The second-order valence-corrected chi connectivity index (χ2v) is 2.09. The molecule has 2 heteroatoms. The Morgan fingerprint density at radius 2 is 2.22 bits per heavy atom. The molecule has 0 aromatic heterocycles. The van der Waals surface area contributed by atoms with Gasteiger partial charge in [0, 0.05) is 6.04 Å². The molecular formula is C7H15NO. The van der Waals surface area contributed by atoms with Gasteiger partial charge in [-0.25, -0.2) is 0 Å². The summed E-state index contributed by atoms with van der Waals surface area (Å²) in [5.74, 6) is 0. The second-order valence-electron chi connectivity index (χ2n) is 2.09. The Labute approximate surface area is 56.4 Å². The van der Waals surface area contributed by atoms with Gasteiger partial charge >= 0.3 is 0 Å². The Kier molecular flexibility index (Phi) is 4.36. The van der Waals surface area contributed by atoms with E-state index < -0.39 is 6.10 Å². The summed E-state index contributed by atoms with van der Waals surface area (Å²) in [6.45, 7) is 3.82. The highest BCUT2D eigenvalue weighted by atomic mass is 16.3. The van der Waals surface area contributed by atoms with E-state index in [1.54, 1.807) is 12.2 Å². The van der Waals surface area contributed by atoms with Crippen molar-refractivity contribution >= 4 is 0 Å². The van der Waals surface area contributed by atoms with E-state index in [9.17, 15) is 0 Å². The van der Waals surface area contributed by atoms with Crippen molar-refractivity contribution in [3.05, 3.63) is 12.2 Å². The summed E-state index contributed by atoms with van der Waals surface area (Å²) in [6.07, 6.45) is 3.85. The second kappa shape index (κ2) is 4.53. The molecule has 0 aliphatic rings. The first-order valence-electron chi connectivity index (χ1n) is 3.28. The molecule has 0 saturated heterocycles. The highest BCUT2D eigenvalue weighted by Gasteiger charge is 2.06. The predicted octanol–water partition coefficient (Wildman–Crippen LogP) is 0.661. The molecule has 0 amide bonds. The first kappa shape index (κ1) is 8.66. The Bertz CT molecular complexity index is 90.9. The molecule has 0 aromatic rings. The van der Waals surface area contributed by atoms with Gasteiger partial charge in [0.1, 0.15) is 0 Å². The Hall–Kier alpha value is -0.340. The van der Waals surface area contributed by atoms with E-state index in [4.69, 9.17) is 10.8 Å². The molecule has 0 radical (unpaired) electrons. The molecule has 0 heterocycles. The lowest BCUT2D eigenvalue weighted by atomic mass is 10.1. The van der Waals surface area contributed by atoms with Crippen molar-refractivity contribution in [2.24, 2.45) is 5.73 Å². The van der Waals surface area contributed by atoms with Crippen molar-refractivity contribution in [3.63, 3.8) is 0 Å². The lowest BCUT2D eigenvalue weighted by molar-refractivity contribution is 0.188.